The fraction of sp³-hybridized carbons (Fsp3) is 0.550. The number of aliphatic hydroxyl groups is 1. The number of hydrogen-bond acceptors (Lipinski definition) is 4. The Labute approximate surface area is 152 Å². The van der Waals surface area contributed by atoms with Gasteiger partial charge < -0.3 is 10.1 Å². The fourth-order valence-electron chi connectivity index (χ4n) is 5.69. The molecule has 26 heavy (non-hydrogen) atoms. The fourth-order valence-corrected chi connectivity index (χ4v) is 5.69. The first-order valence-electron chi connectivity index (χ1n) is 9.67. The van der Waals surface area contributed by atoms with E-state index in [2.05, 4.69) is 39.6 Å². The van der Waals surface area contributed by atoms with Crippen molar-refractivity contribution in [3.05, 3.63) is 35.5 Å². The Kier molecular flexibility index (Phi) is 3.81. The summed E-state index contributed by atoms with van der Waals surface area (Å²) in [7, 11) is 0. The number of hydrogen-bond donors (Lipinski definition) is 4. The maximum absolute atomic E-state index is 12.0. The molecular weight excluding hydrogens is 328 g/mol. The van der Waals surface area contributed by atoms with Gasteiger partial charge in [0.15, 0.2) is 0 Å². The average molecular weight is 354 g/mol. The molecule has 5 rings (SSSR count). The number of piperidine rings is 1. The predicted octanol–water partition coefficient (Wildman–Crippen LogP) is 1.46. The highest BCUT2D eigenvalue weighted by molar-refractivity contribution is 5.85. The molecule has 2 aromatic rings. The van der Waals surface area contributed by atoms with Crippen LogP contribution in [-0.4, -0.2) is 40.1 Å². The summed E-state index contributed by atoms with van der Waals surface area (Å²) < 4.78 is 0. The van der Waals surface area contributed by atoms with Crippen molar-refractivity contribution in [2.45, 2.75) is 37.8 Å². The number of aliphatic hydroxyl groups excluding tert-OH is 1. The molecule has 1 aliphatic carbocycles. The maximum Gasteiger partial charge on any atom is 0.239 e. The van der Waals surface area contributed by atoms with Gasteiger partial charge in [0.2, 0.25) is 5.91 Å². The minimum absolute atomic E-state index is 0.228. The lowest BCUT2D eigenvalue weighted by Crippen LogP contribution is -2.52. The monoisotopic (exact) mass is 354 g/mol. The number of nitrogens with zero attached hydrogens (tertiary/aromatic N) is 1. The van der Waals surface area contributed by atoms with Crippen LogP contribution >= 0.6 is 0 Å². The SMILES string of the molecule is NNC(=O)[C@H]1C[C@@H]2C[C@@H]3c4[nH]c5ccccc5c4CCN3C[C@H]2C[C@H]1O. The Balaban J connectivity index is 1.45. The number of hydrazine groups is 1. The van der Waals surface area contributed by atoms with Crippen molar-refractivity contribution in [3.8, 4) is 0 Å². The van der Waals surface area contributed by atoms with E-state index in [4.69, 9.17) is 5.84 Å². The number of carbonyl (C=O) groups is 1. The zero-order valence-electron chi connectivity index (χ0n) is 14.8. The van der Waals surface area contributed by atoms with Crippen LogP contribution in [0.4, 0.5) is 0 Å². The van der Waals surface area contributed by atoms with E-state index in [0.29, 0.717) is 24.3 Å². The Morgan fingerprint density at radius 1 is 1.23 bits per heavy atom. The number of nitrogens with one attached hydrogen (secondary N) is 2. The van der Waals surface area contributed by atoms with Crippen molar-refractivity contribution in [1.29, 1.82) is 0 Å². The third kappa shape index (κ3) is 2.40. The molecule has 6 nitrogen and oxygen atoms in total. The lowest BCUT2D eigenvalue weighted by molar-refractivity contribution is -0.134. The summed E-state index contributed by atoms with van der Waals surface area (Å²) in [5.74, 6) is 5.64. The molecule has 0 radical (unpaired) electrons. The molecule has 1 saturated carbocycles. The number of amides is 1. The van der Waals surface area contributed by atoms with E-state index in [1.807, 2.05) is 0 Å². The first kappa shape index (κ1) is 16.3. The normalized spacial score (nSPS) is 34.0. The van der Waals surface area contributed by atoms with E-state index in [9.17, 15) is 9.90 Å². The lowest BCUT2D eigenvalue weighted by atomic mass is 9.66. The summed E-state index contributed by atoms with van der Waals surface area (Å²) in [5.41, 5.74) is 6.29. The first-order valence-corrected chi connectivity index (χ1v) is 9.67. The van der Waals surface area contributed by atoms with Gasteiger partial charge in [-0.3, -0.25) is 15.1 Å². The van der Waals surface area contributed by atoms with Crippen LogP contribution in [0.3, 0.4) is 0 Å². The van der Waals surface area contributed by atoms with Gasteiger partial charge in [-0.2, -0.15) is 0 Å². The minimum Gasteiger partial charge on any atom is -0.392 e. The van der Waals surface area contributed by atoms with E-state index in [0.717, 1.165) is 32.4 Å². The largest absolute Gasteiger partial charge is 0.392 e. The number of aromatic nitrogens is 1. The van der Waals surface area contributed by atoms with Crippen LogP contribution in [0.15, 0.2) is 24.3 Å². The van der Waals surface area contributed by atoms with Crippen molar-refractivity contribution in [2.75, 3.05) is 13.1 Å². The molecule has 0 bridgehead atoms. The Bertz CT molecular complexity index is 847. The second-order valence-corrected chi connectivity index (χ2v) is 8.23. The van der Waals surface area contributed by atoms with E-state index in [1.165, 1.54) is 22.2 Å². The number of aromatic amines is 1. The molecule has 3 aliphatic rings. The summed E-state index contributed by atoms with van der Waals surface area (Å²) in [6.07, 6.45) is 2.98. The first-order chi connectivity index (χ1) is 12.7. The Morgan fingerprint density at radius 3 is 2.92 bits per heavy atom. The third-order valence-electron chi connectivity index (χ3n) is 6.98. The molecule has 5 N–H and O–H groups in total. The average Bonchev–Trinajstić information content (AvgIpc) is 3.04. The number of H-pyrrole nitrogens is 1. The molecule has 2 aliphatic heterocycles. The minimum atomic E-state index is -0.579. The summed E-state index contributed by atoms with van der Waals surface area (Å²) >= 11 is 0. The van der Waals surface area contributed by atoms with Crippen LogP contribution in [0.2, 0.25) is 0 Å². The summed E-state index contributed by atoms with van der Waals surface area (Å²) in [6.45, 7) is 2.09. The maximum atomic E-state index is 12.0. The van der Waals surface area contributed by atoms with Crippen molar-refractivity contribution >= 4 is 16.8 Å². The highest BCUT2D eigenvalue weighted by Crippen LogP contribution is 2.48. The number of benzene rings is 1. The zero-order valence-corrected chi connectivity index (χ0v) is 14.8. The van der Waals surface area contributed by atoms with Gasteiger partial charge in [0.1, 0.15) is 0 Å². The summed E-state index contributed by atoms with van der Waals surface area (Å²) in [4.78, 5) is 18.3. The number of rotatable bonds is 1. The number of nitrogens with two attached hydrogens (primary N) is 1. The number of fused-ring (bicyclic) bond motifs is 6. The number of para-hydroxylation sites is 1. The van der Waals surface area contributed by atoms with E-state index < -0.39 is 6.10 Å². The van der Waals surface area contributed by atoms with Crippen molar-refractivity contribution in [3.63, 3.8) is 0 Å². The van der Waals surface area contributed by atoms with Gasteiger partial charge in [-0.1, -0.05) is 18.2 Å². The van der Waals surface area contributed by atoms with Crippen LogP contribution in [0.5, 0.6) is 0 Å². The van der Waals surface area contributed by atoms with Gasteiger partial charge in [-0.05, 0) is 49.1 Å². The van der Waals surface area contributed by atoms with Gasteiger partial charge in [0.05, 0.1) is 18.1 Å². The van der Waals surface area contributed by atoms with Crippen LogP contribution in [0, 0.1) is 17.8 Å². The summed E-state index contributed by atoms with van der Waals surface area (Å²) in [6, 6.07) is 8.95. The summed E-state index contributed by atoms with van der Waals surface area (Å²) in [5, 5.41) is 11.8. The quantitative estimate of drug-likeness (QED) is 0.354. The molecule has 0 unspecified atom stereocenters. The lowest BCUT2D eigenvalue weighted by Gasteiger charge is -2.50. The second-order valence-electron chi connectivity index (χ2n) is 8.23. The molecule has 1 saturated heterocycles. The van der Waals surface area contributed by atoms with E-state index in [1.54, 1.807) is 0 Å². The van der Waals surface area contributed by atoms with Gasteiger partial charge in [-0.15, -0.1) is 0 Å². The van der Waals surface area contributed by atoms with Crippen molar-refractivity contribution in [2.24, 2.45) is 23.6 Å². The van der Waals surface area contributed by atoms with Crippen LogP contribution < -0.4 is 11.3 Å². The molecular formula is C20H26N4O2. The Morgan fingerprint density at radius 2 is 2.08 bits per heavy atom. The molecule has 1 amide bonds. The number of carbonyl (C=O) groups excluding carboxylic acids is 1. The van der Waals surface area contributed by atoms with Gasteiger partial charge in [0, 0.05) is 29.7 Å². The van der Waals surface area contributed by atoms with Crippen LogP contribution in [-0.2, 0) is 11.2 Å². The molecule has 6 heteroatoms. The van der Waals surface area contributed by atoms with Gasteiger partial charge >= 0.3 is 0 Å². The van der Waals surface area contributed by atoms with Crippen LogP contribution in [0.1, 0.15) is 36.6 Å². The van der Waals surface area contributed by atoms with Crippen molar-refractivity contribution in [1.82, 2.24) is 15.3 Å². The van der Waals surface area contributed by atoms with E-state index >= 15 is 0 Å². The molecule has 5 atom stereocenters. The molecule has 2 fully saturated rings. The highest BCUT2D eigenvalue weighted by atomic mass is 16.3. The zero-order chi connectivity index (χ0) is 17.8. The van der Waals surface area contributed by atoms with Gasteiger partial charge in [-0.25, -0.2) is 5.84 Å². The molecule has 138 valence electrons. The predicted molar refractivity (Wildman–Crippen MR) is 99.0 cm³/mol. The second kappa shape index (κ2) is 6.08. The Hall–Kier alpha value is -1.89. The van der Waals surface area contributed by atoms with Crippen molar-refractivity contribution < 1.29 is 9.90 Å². The van der Waals surface area contributed by atoms with Crippen LogP contribution in [0.25, 0.3) is 10.9 Å². The molecule has 1 aromatic carbocycles. The molecule has 0 spiro atoms. The standard InChI is InChI=1S/C20H26N4O2/c21-23-20(26)15-7-11-8-17-19-14(13-3-1-2-4-16(13)22-19)5-6-24(17)10-12(11)9-18(15)25/h1-4,11-12,15,17-18,22,25H,5-10,21H2,(H,23,26)/t11-,12-,15+,17-,18-/m1/s1. The smallest absolute Gasteiger partial charge is 0.239 e. The molecule has 1 aromatic heterocycles. The highest BCUT2D eigenvalue weighted by Gasteiger charge is 2.46. The third-order valence-corrected chi connectivity index (χ3v) is 6.98. The topological polar surface area (TPSA) is 94.4 Å². The molecule has 3 heterocycles. The van der Waals surface area contributed by atoms with E-state index in [-0.39, 0.29) is 11.8 Å². The van der Waals surface area contributed by atoms with Gasteiger partial charge in [0.25, 0.3) is 0 Å².